The van der Waals surface area contributed by atoms with Gasteiger partial charge in [0.05, 0.1) is 18.8 Å². The maximum Gasteiger partial charge on any atom is 0.209 e. The van der Waals surface area contributed by atoms with Crippen LogP contribution in [0.3, 0.4) is 0 Å². The largest absolute Gasteiger partial charge is 0.494 e. The molecule has 0 saturated heterocycles. The average molecular weight is 400 g/mol. The number of ether oxygens (including phenoxy) is 1. The van der Waals surface area contributed by atoms with Gasteiger partial charge in [-0.05, 0) is 55.7 Å². The van der Waals surface area contributed by atoms with Crippen molar-refractivity contribution < 1.29 is 4.74 Å². The summed E-state index contributed by atoms with van der Waals surface area (Å²) in [5, 5.41) is 15.9. The summed E-state index contributed by atoms with van der Waals surface area (Å²) >= 11 is 5.85. The van der Waals surface area contributed by atoms with Crippen molar-refractivity contribution in [2.24, 2.45) is 4.99 Å². The number of rotatable bonds is 10. The SMILES string of the molecule is Cc1cccnc1CN/C(=N\C#N)NCCCCCCOc1ccc(Cl)cc1. The Hall–Kier alpha value is -2.78. The van der Waals surface area contributed by atoms with E-state index in [-0.39, 0.29) is 0 Å². The number of pyridine rings is 1. The van der Waals surface area contributed by atoms with Crippen molar-refractivity contribution in [3.63, 3.8) is 0 Å². The lowest BCUT2D eigenvalue weighted by molar-refractivity contribution is 0.304. The molecule has 0 aliphatic rings. The van der Waals surface area contributed by atoms with E-state index < -0.39 is 0 Å². The molecule has 28 heavy (non-hydrogen) atoms. The van der Waals surface area contributed by atoms with Gasteiger partial charge in [0.1, 0.15) is 5.75 Å². The number of nitrogens with one attached hydrogen (secondary N) is 2. The van der Waals surface area contributed by atoms with Crippen molar-refractivity contribution >= 4 is 17.6 Å². The lowest BCUT2D eigenvalue weighted by atomic mass is 10.2. The molecule has 7 heteroatoms. The van der Waals surface area contributed by atoms with Crippen LogP contribution in [0.15, 0.2) is 47.6 Å². The number of nitriles is 1. The molecule has 1 aromatic heterocycles. The smallest absolute Gasteiger partial charge is 0.209 e. The van der Waals surface area contributed by atoms with Gasteiger partial charge in [-0.1, -0.05) is 30.5 Å². The summed E-state index contributed by atoms with van der Waals surface area (Å²) in [6.07, 6.45) is 7.74. The molecule has 0 spiro atoms. The summed E-state index contributed by atoms with van der Waals surface area (Å²) in [6, 6.07) is 11.3. The molecular weight excluding hydrogens is 374 g/mol. The summed E-state index contributed by atoms with van der Waals surface area (Å²) in [7, 11) is 0. The van der Waals surface area contributed by atoms with Gasteiger partial charge in [0, 0.05) is 17.8 Å². The van der Waals surface area contributed by atoms with Gasteiger partial charge in [0.2, 0.25) is 12.2 Å². The topological polar surface area (TPSA) is 82.3 Å². The zero-order valence-corrected chi connectivity index (χ0v) is 16.9. The summed E-state index contributed by atoms with van der Waals surface area (Å²) < 4.78 is 5.68. The lowest BCUT2D eigenvalue weighted by Crippen LogP contribution is -2.37. The first-order valence-electron chi connectivity index (χ1n) is 9.42. The van der Waals surface area contributed by atoms with Crippen LogP contribution in [0.2, 0.25) is 5.02 Å². The second-order valence-corrected chi connectivity index (χ2v) is 6.76. The van der Waals surface area contributed by atoms with Crippen LogP contribution in [0.25, 0.3) is 0 Å². The van der Waals surface area contributed by atoms with Crippen LogP contribution in [-0.2, 0) is 6.54 Å². The summed E-state index contributed by atoms with van der Waals surface area (Å²) in [5.74, 6) is 1.33. The highest BCUT2D eigenvalue weighted by Crippen LogP contribution is 2.15. The molecule has 0 radical (unpaired) electrons. The number of aliphatic imine (C=N–C) groups is 1. The second-order valence-electron chi connectivity index (χ2n) is 6.32. The van der Waals surface area contributed by atoms with E-state index in [4.69, 9.17) is 21.6 Å². The van der Waals surface area contributed by atoms with E-state index >= 15 is 0 Å². The fourth-order valence-electron chi connectivity index (χ4n) is 2.57. The summed E-state index contributed by atoms with van der Waals surface area (Å²) in [5.41, 5.74) is 2.04. The molecule has 2 rings (SSSR count). The van der Waals surface area contributed by atoms with Crippen molar-refractivity contribution in [2.45, 2.75) is 39.2 Å². The normalized spacial score (nSPS) is 11.0. The van der Waals surface area contributed by atoms with Gasteiger partial charge in [-0.25, -0.2) is 0 Å². The molecule has 1 heterocycles. The molecule has 2 aromatic rings. The predicted molar refractivity (Wildman–Crippen MR) is 112 cm³/mol. The Morgan fingerprint density at radius 2 is 1.93 bits per heavy atom. The second kappa shape index (κ2) is 12.6. The van der Waals surface area contributed by atoms with E-state index in [1.165, 1.54) is 0 Å². The number of aryl methyl sites for hydroxylation is 1. The molecule has 0 aliphatic heterocycles. The highest BCUT2D eigenvalue weighted by molar-refractivity contribution is 6.30. The Kier molecular flexibility index (Phi) is 9.67. The molecule has 1 aromatic carbocycles. The fourth-order valence-corrected chi connectivity index (χ4v) is 2.70. The van der Waals surface area contributed by atoms with Gasteiger partial charge in [0.15, 0.2) is 0 Å². The van der Waals surface area contributed by atoms with Crippen LogP contribution in [0.1, 0.15) is 36.9 Å². The van der Waals surface area contributed by atoms with E-state index in [2.05, 4.69) is 20.6 Å². The molecule has 0 amide bonds. The standard InChI is InChI=1S/C21H26ClN5O/c1-17-7-6-13-24-20(17)15-26-21(27-16-23)25-12-4-2-3-5-14-28-19-10-8-18(22)9-11-19/h6-11,13H,2-5,12,14-15H2,1H3,(H2,25,26,27). The van der Waals surface area contributed by atoms with Crippen LogP contribution in [-0.4, -0.2) is 24.1 Å². The van der Waals surface area contributed by atoms with Crippen LogP contribution in [0, 0.1) is 18.4 Å². The number of hydrogen-bond donors (Lipinski definition) is 2. The van der Waals surface area contributed by atoms with Gasteiger partial charge in [0.25, 0.3) is 0 Å². The highest BCUT2D eigenvalue weighted by Gasteiger charge is 2.02. The molecule has 0 aliphatic carbocycles. The summed E-state index contributed by atoms with van der Waals surface area (Å²) in [6.45, 7) is 3.99. The number of guanidine groups is 1. The quantitative estimate of drug-likeness (QED) is 0.271. The van der Waals surface area contributed by atoms with Crippen LogP contribution < -0.4 is 15.4 Å². The Morgan fingerprint density at radius 1 is 1.14 bits per heavy atom. The van der Waals surface area contributed by atoms with Crippen molar-refractivity contribution in [2.75, 3.05) is 13.2 Å². The first-order chi connectivity index (χ1) is 13.7. The van der Waals surface area contributed by atoms with E-state index in [0.29, 0.717) is 24.1 Å². The monoisotopic (exact) mass is 399 g/mol. The molecule has 0 fully saturated rings. The van der Waals surface area contributed by atoms with Gasteiger partial charge in [-0.2, -0.15) is 5.26 Å². The molecule has 0 bridgehead atoms. The fraction of sp³-hybridized carbons (Fsp3) is 0.381. The zero-order chi connectivity index (χ0) is 20.0. The number of aromatic nitrogens is 1. The first-order valence-corrected chi connectivity index (χ1v) is 9.80. The molecule has 6 nitrogen and oxygen atoms in total. The molecule has 148 valence electrons. The number of nitrogens with zero attached hydrogens (tertiary/aromatic N) is 3. The Morgan fingerprint density at radius 3 is 2.68 bits per heavy atom. The molecule has 0 saturated carbocycles. The first kappa shape index (κ1) is 21.5. The third-order valence-electron chi connectivity index (χ3n) is 4.15. The molecular formula is C21H26ClN5O. The Balaban J connectivity index is 1.56. The van der Waals surface area contributed by atoms with Crippen molar-refractivity contribution in [1.82, 2.24) is 15.6 Å². The Bertz CT molecular complexity index is 786. The van der Waals surface area contributed by atoms with Crippen molar-refractivity contribution in [3.8, 4) is 11.9 Å². The van der Waals surface area contributed by atoms with E-state index in [1.807, 2.05) is 49.5 Å². The van der Waals surface area contributed by atoms with Crippen LogP contribution in [0.4, 0.5) is 0 Å². The van der Waals surface area contributed by atoms with Crippen LogP contribution in [0.5, 0.6) is 5.75 Å². The van der Waals surface area contributed by atoms with Crippen molar-refractivity contribution in [1.29, 1.82) is 5.26 Å². The minimum Gasteiger partial charge on any atom is -0.494 e. The molecule has 2 N–H and O–H groups in total. The lowest BCUT2D eigenvalue weighted by Gasteiger charge is -2.11. The molecule has 0 unspecified atom stereocenters. The summed E-state index contributed by atoms with van der Waals surface area (Å²) in [4.78, 5) is 8.13. The van der Waals surface area contributed by atoms with E-state index in [0.717, 1.165) is 49.2 Å². The van der Waals surface area contributed by atoms with Crippen molar-refractivity contribution in [3.05, 3.63) is 58.9 Å². The average Bonchev–Trinajstić information content (AvgIpc) is 2.70. The van der Waals surface area contributed by atoms with Gasteiger partial charge in [-0.15, -0.1) is 4.99 Å². The number of unbranched alkanes of at least 4 members (excludes halogenated alkanes) is 3. The third kappa shape index (κ3) is 8.28. The maximum absolute atomic E-state index is 8.84. The Labute approximate surface area is 171 Å². The number of hydrogen-bond acceptors (Lipinski definition) is 4. The van der Waals surface area contributed by atoms with E-state index in [9.17, 15) is 0 Å². The predicted octanol–water partition coefficient (Wildman–Crippen LogP) is 4.20. The minimum absolute atomic E-state index is 0.485. The van der Waals surface area contributed by atoms with Crippen LogP contribution >= 0.6 is 11.6 Å². The van der Waals surface area contributed by atoms with Gasteiger partial charge >= 0.3 is 0 Å². The highest BCUT2D eigenvalue weighted by atomic mass is 35.5. The van der Waals surface area contributed by atoms with E-state index in [1.54, 1.807) is 6.20 Å². The van der Waals surface area contributed by atoms with Gasteiger partial charge < -0.3 is 15.4 Å². The zero-order valence-electron chi connectivity index (χ0n) is 16.1. The maximum atomic E-state index is 8.84. The molecule has 0 atom stereocenters. The third-order valence-corrected chi connectivity index (χ3v) is 4.40. The van der Waals surface area contributed by atoms with Gasteiger partial charge in [-0.3, -0.25) is 4.98 Å². The minimum atomic E-state index is 0.485. The number of halogens is 1. The number of benzene rings is 1.